The van der Waals surface area contributed by atoms with Crippen LogP contribution in [0.3, 0.4) is 0 Å². The topological polar surface area (TPSA) is 71.4 Å². The molecule has 0 spiro atoms. The fourth-order valence-corrected chi connectivity index (χ4v) is 1.78. The molecule has 1 aromatic rings. The van der Waals surface area contributed by atoms with Crippen molar-refractivity contribution < 1.29 is 4.79 Å². The monoisotopic (exact) mass is 213 g/mol. The average Bonchev–Trinajstić information content (AvgIpc) is 2.52. The van der Waals surface area contributed by atoms with Crippen molar-refractivity contribution >= 4 is 17.2 Å². The molecule has 76 valence electrons. The lowest BCUT2D eigenvalue weighted by Crippen LogP contribution is -2.27. The molecule has 0 atom stereocenters. The van der Waals surface area contributed by atoms with Crippen molar-refractivity contribution in [3.8, 4) is 0 Å². The molecule has 0 aliphatic rings. The highest BCUT2D eigenvalue weighted by Gasteiger charge is 2.03. The van der Waals surface area contributed by atoms with E-state index in [4.69, 9.17) is 0 Å². The summed E-state index contributed by atoms with van der Waals surface area (Å²) in [6, 6.07) is 0. The number of carbonyl (C=O) groups is 1. The third-order valence-electron chi connectivity index (χ3n) is 1.73. The second-order valence-corrected chi connectivity index (χ2v) is 3.69. The molecule has 0 bridgehead atoms. The number of carbonyl (C=O) groups excluding carboxylic acids is 1. The summed E-state index contributed by atoms with van der Waals surface area (Å²) in [5, 5.41) is 5.09. The predicted molar refractivity (Wildman–Crippen MR) is 54.2 cm³/mol. The summed E-state index contributed by atoms with van der Waals surface area (Å²) in [5.41, 5.74) is 2.78. The first kappa shape index (κ1) is 10.8. The largest absolute Gasteiger partial charge is 0.354 e. The van der Waals surface area contributed by atoms with E-state index < -0.39 is 0 Å². The summed E-state index contributed by atoms with van der Waals surface area (Å²) in [5.74, 6) is -0.331. The minimum absolute atomic E-state index is 0.304. The predicted octanol–water partition coefficient (Wildman–Crippen LogP) is 0.877. The van der Waals surface area contributed by atoms with Gasteiger partial charge in [0, 0.05) is 17.8 Å². The van der Waals surface area contributed by atoms with Gasteiger partial charge in [-0.1, -0.05) is 5.18 Å². The Kier molecular flexibility index (Phi) is 4.18. The van der Waals surface area contributed by atoms with Crippen molar-refractivity contribution in [1.82, 2.24) is 10.3 Å². The first-order valence-corrected chi connectivity index (χ1v) is 5.06. The van der Waals surface area contributed by atoms with Gasteiger partial charge < -0.3 is 5.32 Å². The molecule has 0 saturated carbocycles. The second kappa shape index (κ2) is 5.43. The van der Waals surface area contributed by atoms with Crippen molar-refractivity contribution in [3.05, 3.63) is 21.0 Å². The van der Waals surface area contributed by atoms with Crippen LogP contribution in [0, 0.1) is 11.8 Å². The highest BCUT2D eigenvalue weighted by molar-refractivity contribution is 7.09. The number of aromatic nitrogens is 1. The Labute approximate surface area is 85.5 Å². The highest BCUT2D eigenvalue weighted by Crippen LogP contribution is 2.11. The minimum Gasteiger partial charge on any atom is -0.354 e. The number of thiazole rings is 1. The van der Waals surface area contributed by atoms with Crippen LogP contribution in [0.4, 0.5) is 0 Å². The van der Waals surface area contributed by atoms with Gasteiger partial charge in [0.1, 0.15) is 0 Å². The molecule has 0 saturated heterocycles. The van der Waals surface area contributed by atoms with E-state index >= 15 is 0 Å². The zero-order valence-electron chi connectivity index (χ0n) is 7.82. The number of hydrogen-bond acceptors (Lipinski definition) is 5. The summed E-state index contributed by atoms with van der Waals surface area (Å²) >= 11 is 1.57. The first-order valence-electron chi connectivity index (χ1n) is 4.19. The molecular weight excluding hydrogens is 202 g/mol. The molecule has 1 heterocycles. The van der Waals surface area contributed by atoms with Crippen LogP contribution in [0.2, 0.25) is 0 Å². The Balaban J connectivity index is 2.25. The van der Waals surface area contributed by atoms with E-state index in [0.717, 1.165) is 17.0 Å². The van der Waals surface area contributed by atoms with Gasteiger partial charge in [0.25, 0.3) is 0 Å². The van der Waals surface area contributed by atoms with Gasteiger partial charge in [-0.3, -0.25) is 4.79 Å². The van der Waals surface area contributed by atoms with Crippen molar-refractivity contribution in [3.63, 3.8) is 0 Å². The number of hydrogen-bond donors (Lipinski definition) is 1. The molecule has 1 rings (SSSR count). The molecule has 0 radical (unpaired) electrons. The Morgan fingerprint density at radius 1 is 1.71 bits per heavy atom. The quantitative estimate of drug-likeness (QED) is 0.738. The maximum Gasteiger partial charge on any atom is 0.245 e. The summed E-state index contributed by atoms with van der Waals surface area (Å²) in [6.07, 6.45) is 0.751. The Morgan fingerprint density at radius 2 is 2.50 bits per heavy atom. The maximum atomic E-state index is 10.8. The molecular formula is C8H11N3O2S. The van der Waals surface area contributed by atoms with Crippen LogP contribution in [0.1, 0.15) is 10.6 Å². The molecule has 0 fully saturated rings. The van der Waals surface area contributed by atoms with Gasteiger partial charge in [-0.2, -0.15) is 4.91 Å². The van der Waals surface area contributed by atoms with Gasteiger partial charge in [-0.25, -0.2) is 4.98 Å². The van der Waals surface area contributed by atoms with Crippen LogP contribution < -0.4 is 5.32 Å². The van der Waals surface area contributed by atoms with Crippen LogP contribution in [0.5, 0.6) is 0 Å². The molecule has 14 heavy (non-hydrogen) atoms. The summed E-state index contributed by atoms with van der Waals surface area (Å²) < 4.78 is 0. The molecule has 0 aliphatic carbocycles. The van der Waals surface area contributed by atoms with Gasteiger partial charge in [0.15, 0.2) is 6.54 Å². The van der Waals surface area contributed by atoms with E-state index in [1.54, 1.807) is 16.8 Å². The Morgan fingerprint density at radius 3 is 3.07 bits per heavy atom. The van der Waals surface area contributed by atoms with Crippen molar-refractivity contribution in [2.75, 3.05) is 13.1 Å². The number of nitroso groups, excluding NO2 is 1. The van der Waals surface area contributed by atoms with Gasteiger partial charge in [-0.05, 0) is 6.92 Å². The van der Waals surface area contributed by atoms with Crippen LogP contribution in [0.15, 0.2) is 10.7 Å². The summed E-state index contributed by atoms with van der Waals surface area (Å²) in [6.45, 7) is 2.15. The van der Waals surface area contributed by atoms with Crippen molar-refractivity contribution in [2.24, 2.45) is 5.18 Å². The SMILES string of the molecule is Cc1ncsc1CCNC(=O)CN=O. The number of amides is 1. The molecule has 0 aromatic carbocycles. The van der Waals surface area contributed by atoms with Crippen molar-refractivity contribution in [2.45, 2.75) is 13.3 Å². The zero-order valence-corrected chi connectivity index (χ0v) is 8.63. The molecule has 6 heteroatoms. The van der Waals surface area contributed by atoms with Crippen LogP contribution in [0.25, 0.3) is 0 Å². The number of rotatable bonds is 5. The third-order valence-corrected chi connectivity index (χ3v) is 2.72. The van der Waals surface area contributed by atoms with Crippen LogP contribution in [-0.2, 0) is 11.2 Å². The lowest BCUT2D eigenvalue weighted by Gasteiger charge is -2.00. The third kappa shape index (κ3) is 3.21. The van der Waals surface area contributed by atoms with E-state index in [0.29, 0.717) is 6.54 Å². The maximum absolute atomic E-state index is 10.8. The molecule has 1 N–H and O–H groups in total. The normalized spacial score (nSPS) is 9.79. The molecule has 5 nitrogen and oxygen atoms in total. The number of nitrogens with zero attached hydrogens (tertiary/aromatic N) is 2. The fourth-order valence-electron chi connectivity index (χ4n) is 0.996. The minimum atomic E-state index is -0.331. The molecule has 0 aliphatic heterocycles. The van der Waals surface area contributed by atoms with Gasteiger partial charge in [0.2, 0.25) is 5.91 Å². The Bertz CT molecular complexity index is 324. The van der Waals surface area contributed by atoms with Crippen LogP contribution in [-0.4, -0.2) is 24.0 Å². The number of nitrogens with one attached hydrogen (secondary N) is 1. The average molecular weight is 213 g/mol. The summed E-state index contributed by atoms with van der Waals surface area (Å²) in [4.78, 5) is 25.8. The lowest BCUT2D eigenvalue weighted by molar-refractivity contribution is -0.119. The standard InChI is InChI=1S/C8H11N3O2S/c1-6-7(14-5-10-6)2-3-9-8(12)4-11-13/h5H,2-4H2,1H3,(H,9,12). The van der Waals surface area contributed by atoms with E-state index in [2.05, 4.69) is 15.5 Å². The van der Waals surface area contributed by atoms with E-state index in [9.17, 15) is 9.70 Å². The van der Waals surface area contributed by atoms with Gasteiger partial charge in [-0.15, -0.1) is 11.3 Å². The smallest absolute Gasteiger partial charge is 0.245 e. The first-order chi connectivity index (χ1) is 6.74. The molecule has 0 unspecified atom stereocenters. The van der Waals surface area contributed by atoms with E-state index in [-0.39, 0.29) is 12.5 Å². The Hall–Kier alpha value is -1.30. The molecule has 1 amide bonds. The van der Waals surface area contributed by atoms with Crippen LogP contribution >= 0.6 is 11.3 Å². The summed E-state index contributed by atoms with van der Waals surface area (Å²) in [7, 11) is 0. The highest BCUT2D eigenvalue weighted by atomic mass is 32.1. The van der Waals surface area contributed by atoms with Crippen molar-refractivity contribution in [1.29, 1.82) is 0 Å². The van der Waals surface area contributed by atoms with E-state index in [1.165, 1.54) is 0 Å². The second-order valence-electron chi connectivity index (χ2n) is 2.75. The van der Waals surface area contributed by atoms with Gasteiger partial charge in [0.05, 0.1) is 11.2 Å². The number of aryl methyl sites for hydroxylation is 1. The van der Waals surface area contributed by atoms with E-state index in [1.807, 2.05) is 6.92 Å². The lowest BCUT2D eigenvalue weighted by atomic mass is 10.3. The van der Waals surface area contributed by atoms with Gasteiger partial charge >= 0.3 is 0 Å². The molecule has 1 aromatic heterocycles. The fraction of sp³-hybridized carbons (Fsp3) is 0.500. The zero-order chi connectivity index (χ0) is 10.4.